The molecule has 0 saturated carbocycles. The molecule has 18 heavy (non-hydrogen) atoms. The summed E-state index contributed by atoms with van der Waals surface area (Å²) in [5, 5.41) is 0. The Morgan fingerprint density at radius 3 is 2.94 bits per heavy atom. The molecule has 2 unspecified atom stereocenters. The summed E-state index contributed by atoms with van der Waals surface area (Å²) in [6, 6.07) is 4.03. The number of likely N-dealkylation sites (tertiary alicyclic amines) is 1. The molecule has 1 fully saturated rings. The fraction of sp³-hybridized carbons (Fsp3) is 0.571. The second-order valence-corrected chi connectivity index (χ2v) is 5.79. The van der Waals surface area contributed by atoms with Crippen LogP contribution < -0.4 is 5.73 Å². The zero-order chi connectivity index (χ0) is 13.1. The Morgan fingerprint density at radius 1 is 1.50 bits per heavy atom. The summed E-state index contributed by atoms with van der Waals surface area (Å²) in [5.41, 5.74) is 7.64. The quantitative estimate of drug-likeness (QED) is 0.849. The van der Waals surface area contributed by atoms with Gasteiger partial charge in [-0.2, -0.15) is 0 Å². The molecule has 0 spiro atoms. The molecule has 3 nitrogen and oxygen atoms in total. The van der Waals surface area contributed by atoms with Crippen LogP contribution in [-0.2, 0) is 6.54 Å². The van der Waals surface area contributed by atoms with Crippen LogP contribution in [0, 0.1) is 11.8 Å². The van der Waals surface area contributed by atoms with E-state index < -0.39 is 0 Å². The van der Waals surface area contributed by atoms with Crippen LogP contribution in [0.2, 0.25) is 0 Å². The lowest BCUT2D eigenvalue weighted by Crippen LogP contribution is -2.38. The van der Waals surface area contributed by atoms with Gasteiger partial charge in [0.1, 0.15) is 10.7 Å². The van der Waals surface area contributed by atoms with Crippen molar-refractivity contribution in [3.8, 4) is 0 Å². The van der Waals surface area contributed by atoms with Crippen LogP contribution in [0.3, 0.4) is 0 Å². The Hall–Kier alpha value is -1.00. The van der Waals surface area contributed by atoms with Crippen molar-refractivity contribution in [1.29, 1.82) is 0 Å². The van der Waals surface area contributed by atoms with Gasteiger partial charge in [-0.1, -0.05) is 32.1 Å². The van der Waals surface area contributed by atoms with Gasteiger partial charge < -0.3 is 5.73 Å². The molecule has 0 aromatic carbocycles. The first kappa shape index (κ1) is 13.4. The number of nitrogens with two attached hydrogens (primary N) is 1. The number of aromatic nitrogens is 1. The van der Waals surface area contributed by atoms with E-state index in [2.05, 4.69) is 29.8 Å². The lowest BCUT2D eigenvalue weighted by atomic mass is 9.88. The van der Waals surface area contributed by atoms with E-state index in [1.165, 1.54) is 6.42 Å². The van der Waals surface area contributed by atoms with E-state index in [4.69, 9.17) is 18.0 Å². The molecule has 0 radical (unpaired) electrons. The average Bonchev–Trinajstić information content (AvgIpc) is 2.34. The highest BCUT2D eigenvalue weighted by Crippen LogP contribution is 2.24. The fourth-order valence-electron chi connectivity index (χ4n) is 2.52. The number of hydrogen-bond acceptors (Lipinski definition) is 3. The Labute approximate surface area is 114 Å². The molecule has 2 heterocycles. The molecule has 4 heteroatoms. The van der Waals surface area contributed by atoms with Gasteiger partial charge in [0.15, 0.2) is 0 Å². The summed E-state index contributed by atoms with van der Waals surface area (Å²) >= 11 is 5.06. The van der Waals surface area contributed by atoms with Crippen LogP contribution >= 0.6 is 12.2 Å². The van der Waals surface area contributed by atoms with Crippen LogP contribution in [0.4, 0.5) is 0 Å². The molecular formula is C14H21N3S. The van der Waals surface area contributed by atoms with E-state index in [0.717, 1.165) is 42.7 Å². The fourth-order valence-corrected chi connectivity index (χ4v) is 2.71. The average molecular weight is 263 g/mol. The molecule has 1 aliphatic heterocycles. The molecule has 2 N–H and O–H groups in total. The topological polar surface area (TPSA) is 42.2 Å². The predicted molar refractivity (Wildman–Crippen MR) is 78.3 cm³/mol. The van der Waals surface area contributed by atoms with E-state index in [9.17, 15) is 0 Å². The highest BCUT2D eigenvalue weighted by Gasteiger charge is 2.23. The third-order valence-corrected chi connectivity index (χ3v) is 4.13. The molecular weight excluding hydrogens is 242 g/mol. The molecule has 0 amide bonds. The minimum Gasteiger partial charge on any atom is -0.388 e. The molecule has 2 rings (SSSR count). The van der Waals surface area contributed by atoms with Gasteiger partial charge in [0.05, 0.1) is 0 Å². The summed E-state index contributed by atoms with van der Waals surface area (Å²) in [6.07, 6.45) is 3.02. The van der Waals surface area contributed by atoms with Crippen LogP contribution in [0.25, 0.3) is 0 Å². The third kappa shape index (κ3) is 3.06. The van der Waals surface area contributed by atoms with Crippen LogP contribution in [0.1, 0.15) is 31.5 Å². The van der Waals surface area contributed by atoms with E-state index in [0.29, 0.717) is 4.99 Å². The lowest BCUT2D eigenvalue weighted by molar-refractivity contribution is 0.132. The number of piperidine rings is 1. The van der Waals surface area contributed by atoms with Crippen molar-refractivity contribution in [3.05, 3.63) is 29.6 Å². The van der Waals surface area contributed by atoms with Gasteiger partial charge in [0, 0.05) is 19.3 Å². The monoisotopic (exact) mass is 263 g/mol. The first-order valence-corrected chi connectivity index (χ1v) is 6.94. The minimum absolute atomic E-state index is 0.393. The van der Waals surface area contributed by atoms with Crippen molar-refractivity contribution in [2.24, 2.45) is 17.6 Å². The van der Waals surface area contributed by atoms with Gasteiger partial charge in [-0.3, -0.25) is 9.88 Å². The number of thiocarbonyl (C=S) groups is 1. The molecule has 0 bridgehead atoms. The largest absolute Gasteiger partial charge is 0.388 e. The summed E-state index contributed by atoms with van der Waals surface area (Å²) in [7, 11) is 0. The zero-order valence-electron chi connectivity index (χ0n) is 11.1. The minimum atomic E-state index is 0.393. The van der Waals surface area contributed by atoms with Gasteiger partial charge >= 0.3 is 0 Å². The van der Waals surface area contributed by atoms with Gasteiger partial charge in [-0.05, 0) is 36.4 Å². The second kappa shape index (κ2) is 5.76. The molecule has 1 saturated heterocycles. The van der Waals surface area contributed by atoms with Crippen molar-refractivity contribution >= 4 is 17.2 Å². The molecule has 1 aliphatic rings. The molecule has 1 aromatic heterocycles. The maximum absolute atomic E-state index is 5.72. The Morgan fingerprint density at radius 2 is 2.28 bits per heavy atom. The molecule has 98 valence electrons. The predicted octanol–water partition coefficient (Wildman–Crippen LogP) is 2.19. The molecule has 2 atom stereocenters. The molecule has 1 aromatic rings. The second-order valence-electron chi connectivity index (χ2n) is 5.35. The normalized spacial score (nSPS) is 25.0. The summed E-state index contributed by atoms with van der Waals surface area (Å²) in [5.74, 6) is 1.58. The summed E-state index contributed by atoms with van der Waals surface area (Å²) in [6.45, 7) is 7.86. The van der Waals surface area contributed by atoms with Crippen molar-refractivity contribution < 1.29 is 0 Å². The van der Waals surface area contributed by atoms with Gasteiger partial charge in [-0.25, -0.2) is 0 Å². The zero-order valence-corrected chi connectivity index (χ0v) is 11.9. The van der Waals surface area contributed by atoms with E-state index in [-0.39, 0.29) is 0 Å². The Kier molecular flexibility index (Phi) is 4.30. The summed E-state index contributed by atoms with van der Waals surface area (Å²) < 4.78 is 0. The molecule has 0 aliphatic carbocycles. The van der Waals surface area contributed by atoms with Crippen LogP contribution in [-0.4, -0.2) is 28.0 Å². The summed E-state index contributed by atoms with van der Waals surface area (Å²) in [4.78, 5) is 7.15. The SMILES string of the molecule is CC1CCN(Cc2cccnc2C(N)=S)CC1C. The first-order valence-electron chi connectivity index (χ1n) is 6.54. The Bertz CT molecular complexity index is 433. The smallest absolute Gasteiger partial charge is 0.123 e. The van der Waals surface area contributed by atoms with Crippen molar-refractivity contribution in [1.82, 2.24) is 9.88 Å². The number of nitrogens with zero attached hydrogens (tertiary/aromatic N) is 2. The lowest BCUT2D eigenvalue weighted by Gasteiger charge is -2.35. The van der Waals surface area contributed by atoms with Gasteiger partial charge in [0.25, 0.3) is 0 Å². The van der Waals surface area contributed by atoms with Gasteiger partial charge in [-0.15, -0.1) is 0 Å². The van der Waals surface area contributed by atoms with E-state index in [1.807, 2.05) is 6.07 Å². The van der Waals surface area contributed by atoms with Crippen LogP contribution in [0.5, 0.6) is 0 Å². The van der Waals surface area contributed by atoms with Gasteiger partial charge in [0.2, 0.25) is 0 Å². The van der Waals surface area contributed by atoms with Crippen LogP contribution in [0.15, 0.2) is 18.3 Å². The third-order valence-electron chi connectivity index (χ3n) is 3.94. The Balaban J connectivity index is 2.08. The highest BCUT2D eigenvalue weighted by molar-refractivity contribution is 7.80. The number of hydrogen-bond donors (Lipinski definition) is 1. The maximum atomic E-state index is 5.72. The number of pyridine rings is 1. The van der Waals surface area contributed by atoms with E-state index in [1.54, 1.807) is 6.20 Å². The number of rotatable bonds is 3. The van der Waals surface area contributed by atoms with Crippen molar-refractivity contribution in [2.75, 3.05) is 13.1 Å². The highest BCUT2D eigenvalue weighted by atomic mass is 32.1. The standard InChI is InChI=1S/C14H21N3S/c1-10-5-7-17(8-11(10)2)9-12-4-3-6-16-13(12)14(15)18/h3-4,6,10-11H,5,7-9H2,1-2H3,(H2,15,18). The van der Waals surface area contributed by atoms with Crippen molar-refractivity contribution in [3.63, 3.8) is 0 Å². The van der Waals surface area contributed by atoms with Crippen molar-refractivity contribution in [2.45, 2.75) is 26.8 Å². The van der Waals surface area contributed by atoms with E-state index >= 15 is 0 Å². The first-order chi connectivity index (χ1) is 8.58. The maximum Gasteiger partial charge on any atom is 0.123 e.